The second kappa shape index (κ2) is 5.73. The number of phenolic OH excluding ortho intramolecular Hbond substituents is 1. The summed E-state index contributed by atoms with van der Waals surface area (Å²) in [7, 11) is 5.35. The normalized spacial score (nSPS) is 26.0. The van der Waals surface area contributed by atoms with Gasteiger partial charge in [0.15, 0.2) is 11.5 Å². The number of hydrogen-bond donors (Lipinski definition) is 1. The minimum Gasteiger partial charge on any atom is -0.502 e. The molecule has 2 saturated heterocycles. The standard InChI is InChI=1S/C16H24N2O3/c1-17-5-4-12-9-18(10-13(12)17)8-11-6-14(20-2)16(19)15(7-11)21-3/h6-7,12-13,19H,4-5,8-10H2,1-3H3/t12-,13+/m0/s1. The molecule has 0 saturated carbocycles. The number of fused-ring (bicyclic) bond motifs is 1. The van der Waals surface area contributed by atoms with Crippen LogP contribution in [0.4, 0.5) is 0 Å². The fourth-order valence-electron chi connectivity index (χ4n) is 3.69. The summed E-state index contributed by atoms with van der Waals surface area (Å²) in [5, 5.41) is 9.97. The van der Waals surface area contributed by atoms with Crippen LogP contribution >= 0.6 is 0 Å². The van der Waals surface area contributed by atoms with E-state index in [9.17, 15) is 5.11 Å². The zero-order valence-corrected chi connectivity index (χ0v) is 13.0. The van der Waals surface area contributed by atoms with Crippen molar-refractivity contribution in [2.75, 3.05) is 40.9 Å². The molecule has 2 fully saturated rings. The molecule has 0 bridgehead atoms. The predicted octanol–water partition coefficient (Wildman–Crippen LogP) is 1.55. The van der Waals surface area contributed by atoms with Gasteiger partial charge < -0.3 is 19.5 Å². The zero-order chi connectivity index (χ0) is 15.0. The second-order valence-electron chi connectivity index (χ2n) is 6.14. The molecular formula is C16H24N2O3. The Bertz CT molecular complexity index is 495. The van der Waals surface area contributed by atoms with Crippen molar-refractivity contribution < 1.29 is 14.6 Å². The highest BCUT2D eigenvalue weighted by molar-refractivity contribution is 5.52. The van der Waals surface area contributed by atoms with Crippen LogP contribution < -0.4 is 9.47 Å². The molecule has 0 radical (unpaired) electrons. The summed E-state index contributed by atoms with van der Waals surface area (Å²) in [5.41, 5.74) is 1.11. The lowest BCUT2D eigenvalue weighted by Crippen LogP contribution is -2.31. The molecule has 2 aliphatic heterocycles. The molecule has 5 nitrogen and oxygen atoms in total. The molecule has 0 aliphatic carbocycles. The number of likely N-dealkylation sites (tertiary alicyclic amines) is 2. The highest BCUT2D eigenvalue weighted by Crippen LogP contribution is 2.38. The molecule has 1 aromatic carbocycles. The van der Waals surface area contributed by atoms with Gasteiger partial charge in [0.2, 0.25) is 5.75 Å². The Morgan fingerprint density at radius 1 is 1.19 bits per heavy atom. The van der Waals surface area contributed by atoms with Crippen LogP contribution in [0.3, 0.4) is 0 Å². The molecule has 2 atom stereocenters. The van der Waals surface area contributed by atoms with Gasteiger partial charge in [-0.25, -0.2) is 0 Å². The molecular weight excluding hydrogens is 268 g/mol. The summed E-state index contributed by atoms with van der Waals surface area (Å²) in [6, 6.07) is 4.50. The molecule has 0 unspecified atom stereocenters. The van der Waals surface area contributed by atoms with Gasteiger partial charge in [-0.3, -0.25) is 4.90 Å². The number of rotatable bonds is 4. The third-order valence-electron chi connectivity index (χ3n) is 4.85. The molecule has 2 aliphatic rings. The summed E-state index contributed by atoms with van der Waals surface area (Å²) in [6.45, 7) is 4.37. The van der Waals surface area contributed by atoms with Crippen molar-refractivity contribution in [3.05, 3.63) is 17.7 Å². The smallest absolute Gasteiger partial charge is 0.200 e. The Morgan fingerprint density at radius 2 is 1.86 bits per heavy atom. The molecule has 1 N–H and O–H groups in total. The third-order valence-corrected chi connectivity index (χ3v) is 4.85. The van der Waals surface area contributed by atoms with Gasteiger partial charge in [0.25, 0.3) is 0 Å². The number of hydrogen-bond acceptors (Lipinski definition) is 5. The van der Waals surface area contributed by atoms with Crippen LogP contribution in [-0.2, 0) is 6.54 Å². The summed E-state index contributed by atoms with van der Waals surface area (Å²) >= 11 is 0. The van der Waals surface area contributed by atoms with Gasteiger partial charge in [-0.1, -0.05) is 0 Å². The Hall–Kier alpha value is -1.46. The minimum atomic E-state index is 0.0711. The van der Waals surface area contributed by atoms with Crippen molar-refractivity contribution >= 4 is 0 Å². The summed E-state index contributed by atoms with van der Waals surface area (Å²) in [4.78, 5) is 4.96. The maximum Gasteiger partial charge on any atom is 0.200 e. The number of likely N-dealkylation sites (N-methyl/N-ethyl adjacent to an activating group) is 1. The van der Waals surface area contributed by atoms with E-state index in [1.54, 1.807) is 14.2 Å². The van der Waals surface area contributed by atoms with E-state index in [4.69, 9.17) is 9.47 Å². The lowest BCUT2D eigenvalue weighted by molar-refractivity contribution is 0.254. The van der Waals surface area contributed by atoms with Gasteiger partial charge in [0.1, 0.15) is 0 Å². The summed E-state index contributed by atoms with van der Waals surface area (Å²) < 4.78 is 10.5. The first-order chi connectivity index (χ1) is 10.1. The molecule has 2 heterocycles. The quantitative estimate of drug-likeness (QED) is 0.912. The SMILES string of the molecule is COc1cc(CN2C[C@@H]3CCN(C)[C@@H]3C2)cc(OC)c1O. The molecule has 3 rings (SSSR count). The largest absolute Gasteiger partial charge is 0.502 e. The number of ether oxygens (including phenoxy) is 2. The average molecular weight is 292 g/mol. The first-order valence-electron chi connectivity index (χ1n) is 7.49. The average Bonchev–Trinajstić information content (AvgIpc) is 3.02. The number of methoxy groups -OCH3 is 2. The van der Waals surface area contributed by atoms with Gasteiger partial charge in [0.05, 0.1) is 14.2 Å². The number of benzene rings is 1. The molecule has 116 valence electrons. The molecule has 21 heavy (non-hydrogen) atoms. The van der Waals surface area contributed by atoms with E-state index in [2.05, 4.69) is 16.8 Å². The Labute approximate surface area is 126 Å². The van der Waals surface area contributed by atoms with E-state index in [0.29, 0.717) is 17.5 Å². The van der Waals surface area contributed by atoms with E-state index in [1.165, 1.54) is 13.0 Å². The Kier molecular flexibility index (Phi) is 3.95. The Balaban J connectivity index is 1.74. The van der Waals surface area contributed by atoms with Crippen molar-refractivity contribution in [1.29, 1.82) is 0 Å². The van der Waals surface area contributed by atoms with Crippen molar-refractivity contribution in [3.8, 4) is 17.2 Å². The maximum atomic E-state index is 9.97. The van der Waals surface area contributed by atoms with Crippen molar-refractivity contribution in [2.45, 2.75) is 19.0 Å². The van der Waals surface area contributed by atoms with E-state index in [1.807, 2.05) is 12.1 Å². The Morgan fingerprint density at radius 3 is 2.43 bits per heavy atom. The molecule has 0 aromatic heterocycles. The highest BCUT2D eigenvalue weighted by atomic mass is 16.5. The fraction of sp³-hybridized carbons (Fsp3) is 0.625. The summed E-state index contributed by atoms with van der Waals surface area (Å²) in [5.74, 6) is 1.82. The highest BCUT2D eigenvalue weighted by Gasteiger charge is 2.39. The van der Waals surface area contributed by atoms with Crippen LogP contribution in [0, 0.1) is 5.92 Å². The third kappa shape index (κ3) is 2.68. The van der Waals surface area contributed by atoms with Crippen LogP contribution in [0.15, 0.2) is 12.1 Å². The predicted molar refractivity (Wildman–Crippen MR) is 81.0 cm³/mol. The van der Waals surface area contributed by atoms with Crippen LogP contribution in [0.25, 0.3) is 0 Å². The van der Waals surface area contributed by atoms with E-state index in [0.717, 1.165) is 31.1 Å². The summed E-state index contributed by atoms with van der Waals surface area (Å²) in [6.07, 6.45) is 1.31. The van der Waals surface area contributed by atoms with Crippen molar-refractivity contribution in [3.63, 3.8) is 0 Å². The topological polar surface area (TPSA) is 45.2 Å². The molecule has 0 amide bonds. The van der Waals surface area contributed by atoms with Crippen LogP contribution in [-0.4, -0.2) is 61.8 Å². The van der Waals surface area contributed by atoms with Crippen molar-refractivity contribution in [1.82, 2.24) is 9.80 Å². The van der Waals surface area contributed by atoms with Crippen LogP contribution in [0.5, 0.6) is 17.2 Å². The molecule has 5 heteroatoms. The van der Waals surface area contributed by atoms with Gasteiger partial charge >= 0.3 is 0 Å². The monoisotopic (exact) mass is 292 g/mol. The lowest BCUT2D eigenvalue weighted by Gasteiger charge is -2.21. The molecule has 1 aromatic rings. The first kappa shape index (κ1) is 14.5. The van der Waals surface area contributed by atoms with Gasteiger partial charge in [0, 0.05) is 25.7 Å². The molecule has 0 spiro atoms. The van der Waals surface area contributed by atoms with Crippen molar-refractivity contribution in [2.24, 2.45) is 5.92 Å². The van der Waals surface area contributed by atoms with E-state index < -0.39 is 0 Å². The van der Waals surface area contributed by atoms with Crippen LogP contribution in [0.1, 0.15) is 12.0 Å². The number of aromatic hydroxyl groups is 1. The van der Waals surface area contributed by atoms with Gasteiger partial charge in [-0.05, 0) is 43.6 Å². The van der Waals surface area contributed by atoms with Gasteiger partial charge in [-0.15, -0.1) is 0 Å². The fourth-order valence-corrected chi connectivity index (χ4v) is 3.69. The van der Waals surface area contributed by atoms with E-state index >= 15 is 0 Å². The maximum absolute atomic E-state index is 9.97. The van der Waals surface area contributed by atoms with Crippen LogP contribution in [0.2, 0.25) is 0 Å². The lowest BCUT2D eigenvalue weighted by atomic mass is 10.1. The van der Waals surface area contributed by atoms with E-state index in [-0.39, 0.29) is 5.75 Å². The first-order valence-corrected chi connectivity index (χ1v) is 7.49. The van der Waals surface area contributed by atoms with Gasteiger partial charge in [-0.2, -0.15) is 0 Å². The minimum absolute atomic E-state index is 0.0711. The zero-order valence-electron chi connectivity index (χ0n) is 13.0. The number of nitrogens with zero attached hydrogens (tertiary/aromatic N) is 2. The second-order valence-corrected chi connectivity index (χ2v) is 6.14. The number of phenols is 1.